The Morgan fingerprint density at radius 3 is 2.74 bits per heavy atom. The van der Waals surface area contributed by atoms with Gasteiger partial charge in [0.1, 0.15) is 24.3 Å². The predicted octanol–water partition coefficient (Wildman–Crippen LogP) is 4.11. The van der Waals surface area contributed by atoms with E-state index in [9.17, 15) is 9.90 Å². The molecule has 0 saturated carbocycles. The van der Waals surface area contributed by atoms with Crippen LogP contribution in [0.15, 0.2) is 55.0 Å². The molecule has 4 rings (SSSR count). The van der Waals surface area contributed by atoms with Gasteiger partial charge in [0, 0.05) is 43.2 Å². The maximum absolute atomic E-state index is 12.7. The number of pyridine rings is 1. The van der Waals surface area contributed by atoms with Crippen molar-refractivity contribution in [3.63, 3.8) is 0 Å². The van der Waals surface area contributed by atoms with Gasteiger partial charge in [-0.05, 0) is 56.8 Å². The van der Waals surface area contributed by atoms with E-state index in [1.165, 1.54) is 6.92 Å². The molecule has 3 N–H and O–H groups in total. The Morgan fingerprint density at radius 1 is 1.31 bits per heavy atom. The largest absolute Gasteiger partial charge is 0.491 e. The summed E-state index contributed by atoms with van der Waals surface area (Å²) >= 11 is 6.63. The molecule has 0 fully saturated rings. The third-order valence-electron chi connectivity index (χ3n) is 6.52. The van der Waals surface area contributed by atoms with E-state index >= 15 is 0 Å². The first kappa shape index (κ1) is 28.1. The second-order valence-corrected chi connectivity index (χ2v) is 10.1. The van der Waals surface area contributed by atoms with Crippen molar-refractivity contribution in [2.24, 2.45) is 5.73 Å². The molecule has 204 valence electrons. The number of rotatable bonds is 10. The molecule has 10 heteroatoms. The highest BCUT2D eigenvalue weighted by atomic mass is 35.5. The van der Waals surface area contributed by atoms with Crippen LogP contribution < -0.4 is 15.4 Å². The first-order valence-corrected chi connectivity index (χ1v) is 12.9. The second-order valence-electron chi connectivity index (χ2n) is 9.65. The van der Waals surface area contributed by atoms with E-state index in [-0.39, 0.29) is 12.4 Å². The van der Waals surface area contributed by atoms with Gasteiger partial charge in [-0.1, -0.05) is 24.2 Å². The lowest BCUT2D eigenvalue weighted by Crippen LogP contribution is -2.30. The molecular weight excluding hydrogens is 516 g/mol. The quantitative estimate of drug-likeness (QED) is 0.361. The number of nitrogens with zero attached hydrogens (tertiary/aromatic N) is 5. The molecule has 0 spiro atoms. The van der Waals surface area contributed by atoms with E-state index in [1.807, 2.05) is 26.1 Å². The van der Waals surface area contributed by atoms with Crippen molar-refractivity contribution in [3.05, 3.63) is 82.5 Å². The molecule has 0 aliphatic carbocycles. The molecule has 1 atom stereocenters. The normalized spacial score (nSPS) is 13.9. The summed E-state index contributed by atoms with van der Waals surface area (Å²) in [5.74, 6) is 1.30. The number of carbonyl (C=O) groups is 1. The minimum Gasteiger partial charge on any atom is -0.491 e. The molecule has 9 nitrogen and oxygen atoms in total. The number of nitrogens with two attached hydrogens (primary N) is 1. The molecule has 2 aromatic heterocycles. The van der Waals surface area contributed by atoms with Crippen molar-refractivity contribution in [1.82, 2.24) is 19.9 Å². The predicted molar refractivity (Wildman–Crippen MR) is 153 cm³/mol. The van der Waals surface area contributed by atoms with E-state index < -0.39 is 6.10 Å². The van der Waals surface area contributed by atoms with E-state index in [0.717, 1.165) is 16.8 Å². The number of fused-ring (bicyclic) bond motifs is 1. The SMILES string of the molecule is C=CN(C)C[C@@H](O)COc1ccc(Cl)c(-c2nc(C(C(C)=O)=C(C)N)c(C)c(N3Cc4cccnc4C3)n2)c1. The van der Waals surface area contributed by atoms with Gasteiger partial charge in [-0.2, -0.15) is 0 Å². The van der Waals surface area contributed by atoms with E-state index in [0.29, 0.717) is 64.6 Å². The zero-order chi connectivity index (χ0) is 28.3. The monoisotopic (exact) mass is 548 g/mol. The average Bonchev–Trinajstić information content (AvgIpc) is 3.33. The van der Waals surface area contributed by atoms with Gasteiger partial charge in [-0.3, -0.25) is 9.78 Å². The number of allylic oxidation sites excluding steroid dienone is 2. The van der Waals surface area contributed by atoms with Crippen LogP contribution in [0.5, 0.6) is 5.75 Å². The number of anilines is 1. The Labute approximate surface area is 233 Å². The average molecular weight is 549 g/mol. The lowest BCUT2D eigenvalue weighted by Gasteiger charge is -2.22. The van der Waals surface area contributed by atoms with Gasteiger partial charge in [-0.15, -0.1) is 0 Å². The minimum atomic E-state index is -0.720. The Hall–Kier alpha value is -3.95. The van der Waals surface area contributed by atoms with Crippen molar-refractivity contribution in [3.8, 4) is 17.1 Å². The van der Waals surface area contributed by atoms with Gasteiger partial charge in [0.15, 0.2) is 11.6 Å². The standard InChI is InChI=1S/C29H33ClN6O3/c1-6-35(5)14-21(38)16-39-22-9-10-24(30)23(12-22)28-33-27(26(18(3)31)19(4)37)17(2)29(34-28)36-13-20-8-7-11-32-25(20)15-36/h6-12,21,38H,1,13-16,31H2,2-5H3/t21-/m1/s1. The van der Waals surface area contributed by atoms with Gasteiger partial charge in [0.25, 0.3) is 0 Å². The molecular formula is C29H33ClN6O3. The topological polar surface area (TPSA) is 118 Å². The molecule has 1 aromatic carbocycles. The summed E-state index contributed by atoms with van der Waals surface area (Å²) in [4.78, 5) is 30.8. The number of hydrogen-bond donors (Lipinski definition) is 2. The number of ketones is 1. The van der Waals surface area contributed by atoms with E-state index in [1.54, 1.807) is 42.4 Å². The summed E-state index contributed by atoms with van der Waals surface area (Å²) < 4.78 is 5.85. The van der Waals surface area contributed by atoms with E-state index in [2.05, 4.69) is 16.5 Å². The second kappa shape index (κ2) is 11.8. The molecule has 0 amide bonds. The smallest absolute Gasteiger partial charge is 0.163 e. The molecule has 39 heavy (non-hydrogen) atoms. The molecule has 0 unspecified atom stereocenters. The number of aliphatic hydroxyl groups is 1. The molecule has 0 saturated heterocycles. The first-order chi connectivity index (χ1) is 18.6. The molecule has 3 heterocycles. The van der Waals surface area contributed by atoms with Gasteiger partial charge < -0.3 is 25.4 Å². The molecule has 1 aliphatic rings. The van der Waals surface area contributed by atoms with E-state index in [4.69, 9.17) is 32.0 Å². The summed E-state index contributed by atoms with van der Waals surface area (Å²) in [7, 11) is 1.82. The number of likely N-dealkylation sites (N-methyl/N-ethyl adjacent to an activating group) is 1. The van der Waals surface area contributed by atoms with Crippen LogP contribution in [0.3, 0.4) is 0 Å². The Balaban J connectivity index is 1.77. The zero-order valence-corrected chi connectivity index (χ0v) is 23.4. The summed E-state index contributed by atoms with van der Waals surface area (Å²) in [6, 6.07) is 9.11. The highest BCUT2D eigenvalue weighted by Gasteiger charge is 2.27. The number of aliphatic hydroxyl groups excluding tert-OH is 1. The summed E-state index contributed by atoms with van der Waals surface area (Å²) in [5.41, 5.74) is 10.7. The molecule has 1 aliphatic heterocycles. The van der Waals surface area contributed by atoms with Crippen LogP contribution in [-0.4, -0.2) is 57.0 Å². The fourth-order valence-electron chi connectivity index (χ4n) is 4.58. The van der Waals surface area contributed by atoms with Crippen LogP contribution in [-0.2, 0) is 17.9 Å². The number of halogens is 1. The maximum Gasteiger partial charge on any atom is 0.163 e. The number of benzene rings is 1. The summed E-state index contributed by atoms with van der Waals surface area (Å²) in [6.07, 6.45) is 2.69. The van der Waals surface area contributed by atoms with Crippen LogP contribution in [0.1, 0.15) is 36.4 Å². The van der Waals surface area contributed by atoms with Crippen molar-refractivity contribution >= 4 is 28.8 Å². The third-order valence-corrected chi connectivity index (χ3v) is 6.85. The fourth-order valence-corrected chi connectivity index (χ4v) is 4.78. The number of aromatic nitrogens is 3. The highest BCUT2D eigenvalue weighted by molar-refractivity contribution is 6.33. The number of Topliss-reactive ketones (excluding diaryl/α,β-unsaturated/α-hetero) is 1. The Bertz CT molecular complexity index is 1410. The molecule has 0 bridgehead atoms. The highest BCUT2D eigenvalue weighted by Crippen LogP contribution is 2.36. The molecule has 0 radical (unpaired) electrons. The van der Waals surface area contributed by atoms with Crippen molar-refractivity contribution in [2.45, 2.75) is 40.0 Å². The lowest BCUT2D eigenvalue weighted by molar-refractivity contribution is -0.111. The number of carbonyl (C=O) groups excluding carboxylic acids is 1. The van der Waals surface area contributed by atoms with Crippen LogP contribution in [0, 0.1) is 6.92 Å². The third kappa shape index (κ3) is 6.21. The fraction of sp³-hybridized carbons (Fsp3) is 0.310. The van der Waals surface area contributed by atoms with Gasteiger partial charge >= 0.3 is 0 Å². The Morgan fingerprint density at radius 2 is 2.08 bits per heavy atom. The maximum atomic E-state index is 12.7. The van der Waals surface area contributed by atoms with Gasteiger partial charge in [0.2, 0.25) is 0 Å². The molecule has 3 aromatic rings. The zero-order valence-electron chi connectivity index (χ0n) is 22.6. The lowest BCUT2D eigenvalue weighted by atomic mass is 10.0. The number of hydrogen-bond acceptors (Lipinski definition) is 9. The summed E-state index contributed by atoms with van der Waals surface area (Å²) in [5, 5.41) is 10.7. The number of ether oxygens (including phenoxy) is 1. The van der Waals surface area contributed by atoms with Crippen LogP contribution >= 0.6 is 11.6 Å². The van der Waals surface area contributed by atoms with Crippen LogP contribution in [0.25, 0.3) is 17.0 Å². The van der Waals surface area contributed by atoms with Gasteiger partial charge in [0.05, 0.1) is 28.5 Å². The summed E-state index contributed by atoms with van der Waals surface area (Å²) in [6.45, 7) is 10.4. The van der Waals surface area contributed by atoms with Crippen molar-refractivity contribution < 1.29 is 14.6 Å². The van der Waals surface area contributed by atoms with Crippen molar-refractivity contribution in [1.29, 1.82) is 0 Å². The van der Waals surface area contributed by atoms with Crippen molar-refractivity contribution in [2.75, 3.05) is 25.1 Å². The Kier molecular flexibility index (Phi) is 8.52. The van der Waals surface area contributed by atoms with Crippen LogP contribution in [0.2, 0.25) is 5.02 Å². The minimum absolute atomic E-state index is 0.0765. The first-order valence-electron chi connectivity index (χ1n) is 12.6. The van der Waals surface area contributed by atoms with Crippen LogP contribution in [0.4, 0.5) is 5.82 Å². The van der Waals surface area contributed by atoms with Gasteiger partial charge in [-0.25, -0.2) is 9.97 Å².